The smallest absolute Gasteiger partial charge is 0.311 e. The summed E-state index contributed by atoms with van der Waals surface area (Å²) in [6.45, 7) is 1.50. The second-order valence-corrected chi connectivity index (χ2v) is 5.32. The molecule has 0 radical (unpaired) electrons. The van der Waals surface area contributed by atoms with Gasteiger partial charge in [-0.15, -0.1) is 0 Å². The monoisotopic (exact) mass is 311 g/mol. The maximum Gasteiger partial charge on any atom is 0.311 e. The van der Waals surface area contributed by atoms with Crippen LogP contribution in [0.3, 0.4) is 0 Å². The number of hydrogen-bond donors (Lipinski definition) is 2. The van der Waals surface area contributed by atoms with E-state index in [-0.39, 0.29) is 12.2 Å². The van der Waals surface area contributed by atoms with Crippen LogP contribution in [0, 0.1) is 0 Å². The lowest BCUT2D eigenvalue weighted by atomic mass is 9.93. The van der Waals surface area contributed by atoms with Crippen molar-refractivity contribution in [1.82, 2.24) is 0 Å². The van der Waals surface area contributed by atoms with Crippen LogP contribution < -0.4 is 5.73 Å². The van der Waals surface area contributed by atoms with Gasteiger partial charge >= 0.3 is 5.97 Å². The maximum absolute atomic E-state index is 11.4. The molecule has 0 fully saturated rings. The summed E-state index contributed by atoms with van der Waals surface area (Å²) in [6, 6.07) is 14.1. The molecule has 5 heteroatoms. The van der Waals surface area contributed by atoms with E-state index in [1.807, 2.05) is 6.07 Å². The average Bonchev–Trinajstić information content (AvgIpc) is 2.52. The molecular weight excluding hydrogens is 294 g/mol. The second-order valence-electron chi connectivity index (χ2n) is 5.32. The van der Waals surface area contributed by atoms with Gasteiger partial charge in [0, 0.05) is 12.0 Å². The maximum atomic E-state index is 11.4. The summed E-state index contributed by atoms with van der Waals surface area (Å²) in [5.74, 6) is -2.72. The molecule has 0 aliphatic heterocycles. The van der Waals surface area contributed by atoms with Gasteiger partial charge in [0.1, 0.15) is 0 Å². The topological polar surface area (TPSA) is 97.5 Å². The standard InChI is InChI=1S/C18H17NO4/c1-11(20)14-3-2-4-15(9-14)12-5-7-13(8-6-12)16(18(22)23)10-17(19)21/h2-9,16H,10H2,1H3,(H2,19,21)(H,22,23). The third kappa shape index (κ3) is 4.03. The van der Waals surface area contributed by atoms with Crippen LogP contribution in [0.15, 0.2) is 48.5 Å². The molecule has 23 heavy (non-hydrogen) atoms. The fourth-order valence-electron chi connectivity index (χ4n) is 2.37. The summed E-state index contributed by atoms with van der Waals surface area (Å²) in [5.41, 5.74) is 7.96. The van der Waals surface area contributed by atoms with Gasteiger partial charge in [0.25, 0.3) is 0 Å². The van der Waals surface area contributed by atoms with E-state index in [9.17, 15) is 19.5 Å². The van der Waals surface area contributed by atoms with Crippen LogP contribution in [0.1, 0.15) is 35.2 Å². The van der Waals surface area contributed by atoms with Gasteiger partial charge in [0.15, 0.2) is 5.78 Å². The van der Waals surface area contributed by atoms with E-state index in [1.165, 1.54) is 6.92 Å². The van der Waals surface area contributed by atoms with Gasteiger partial charge in [-0.2, -0.15) is 0 Å². The number of carbonyl (C=O) groups is 3. The first-order valence-corrected chi connectivity index (χ1v) is 7.11. The Balaban J connectivity index is 2.31. The fourth-order valence-corrected chi connectivity index (χ4v) is 2.37. The first-order chi connectivity index (χ1) is 10.9. The molecule has 2 rings (SSSR count). The Morgan fingerprint density at radius 1 is 1.04 bits per heavy atom. The summed E-state index contributed by atoms with van der Waals surface area (Å²) in [5, 5.41) is 9.21. The van der Waals surface area contributed by atoms with Gasteiger partial charge in [-0.25, -0.2) is 0 Å². The molecule has 1 amide bonds. The number of ketones is 1. The van der Waals surface area contributed by atoms with E-state index in [4.69, 9.17) is 5.73 Å². The Kier molecular flexibility index (Phi) is 4.91. The number of carbonyl (C=O) groups excluding carboxylic acids is 2. The van der Waals surface area contributed by atoms with E-state index in [2.05, 4.69) is 0 Å². The molecule has 0 spiro atoms. The Morgan fingerprint density at radius 3 is 2.22 bits per heavy atom. The molecule has 118 valence electrons. The number of amides is 1. The minimum atomic E-state index is -1.09. The predicted molar refractivity (Wildman–Crippen MR) is 86.1 cm³/mol. The third-order valence-corrected chi connectivity index (χ3v) is 3.62. The number of aliphatic carboxylic acids is 1. The minimum absolute atomic E-state index is 0.0177. The second kappa shape index (κ2) is 6.87. The van der Waals surface area contributed by atoms with Gasteiger partial charge in [0.2, 0.25) is 5.91 Å². The van der Waals surface area contributed by atoms with Crippen molar-refractivity contribution in [2.24, 2.45) is 5.73 Å². The van der Waals surface area contributed by atoms with Gasteiger partial charge < -0.3 is 10.8 Å². The fraction of sp³-hybridized carbons (Fsp3) is 0.167. The molecular formula is C18H17NO4. The highest BCUT2D eigenvalue weighted by molar-refractivity contribution is 5.95. The molecule has 0 aromatic heterocycles. The molecule has 3 N–H and O–H groups in total. The summed E-state index contributed by atoms with van der Waals surface area (Å²) >= 11 is 0. The Hall–Kier alpha value is -2.95. The Labute approximate surface area is 133 Å². The molecule has 2 aromatic rings. The van der Waals surface area contributed by atoms with Gasteiger partial charge in [-0.3, -0.25) is 14.4 Å². The van der Waals surface area contributed by atoms with Crippen molar-refractivity contribution < 1.29 is 19.5 Å². The number of hydrogen-bond acceptors (Lipinski definition) is 3. The zero-order chi connectivity index (χ0) is 17.0. The first kappa shape index (κ1) is 16.4. The lowest BCUT2D eigenvalue weighted by Gasteiger charge is -2.12. The lowest BCUT2D eigenvalue weighted by Crippen LogP contribution is -2.20. The highest BCUT2D eigenvalue weighted by Gasteiger charge is 2.22. The van der Waals surface area contributed by atoms with Crippen molar-refractivity contribution >= 4 is 17.7 Å². The molecule has 0 saturated heterocycles. The van der Waals surface area contributed by atoms with Crippen LogP contribution in [0.4, 0.5) is 0 Å². The van der Waals surface area contributed by atoms with Crippen LogP contribution >= 0.6 is 0 Å². The molecule has 5 nitrogen and oxygen atoms in total. The van der Waals surface area contributed by atoms with Crippen LogP contribution in [0.2, 0.25) is 0 Å². The molecule has 0 aliphatic rings. The SMILES string of the molecule is CC(=O)c1cccc(-c2ccc(C(CC(N)=O)C(=O)O)cc2)c1. The lowest BCUT2D eigenvalue weighted by molar-refractivity contribution is -0.140. The average molecular weight is 311 g/mol. The quantitative estimate of drug-likeness (QED) is 0.801. The third-order valence-electron chi connectivity index (χ3n) is 3.62. The van der Waals surface area contributed by atoms with Crippen LogP contribution in [0.5, 0.6) is 0 Å². The molecule has 2 aromatic carbocycles. The summed E-state index contributed by atoms with van der Waals surface area (Å²) < 4.78 is 0. The van der Waals surface area contributed by atoms with E-state index in [1.54, 1.807) is 42.5 Å². The number of carboxylic acid groups (broad SMARTS) is 1. The summed E-state index contributed by atoms with van der Waals surface area (Å²) in [7, 11) is 0. The number of primary amides is 1. The Bertz CT molecular complexity index is 750. The van der Waals surface area contributed by atoms with Crippen molar-refractivity contribution in [3.8, 4) is 11.1 Å². The minimum Gasteiger partial charge on any atom is -0.481 e. The van der Waals surface area contributed by atoms with Crippen molar-refractivity contribution in [3.63, 3.8) is 0 Å². The van der Waals surface area contributed by atoms with Crippen molar-refractivity contribution in [2.45, 2.75) is 19.3 Å². The summed E-state index contributed by atoms with van der Waals surface area (Å²) in [4.78, 5) is 33.7. The van der Waals surface area contributed by atoms with Gasteiger partial charge in [-0.1, -0.05) is 42.5 Å². The predicted octanol–water partition coefficient (Wildman–Crippen LogP) is 2.60. The number of carboxylic acids is 1. The normalized spacial score (nSPS) is 11.7. The van der Waals surface area contributed by atoms with Crippen LogP contribution in [-0.2, 0) is 9.59 Å². The zero-order valence-electron chi connectivity index (χ0n) is 12.7. The number of rotatable bonds is 6. The van der Waals surface area contributed by atoms with Crippen molar-refractivity contribution in [3.05, 3.63) is 59.7 Å². The number of Topliss-reactive ketones (excluding diaryl/α,β-unsaturated/α-hetero) is 1. The molecule has 0 saturated carbocycles. The van der Waals surface area contributed by atoms with Crippen LogP contribution in [-0.4, -0.2) is 22.8 Å². The molecule has 1 unspecified atom stereocenters. The van der Waals surface area contributed by atoms with Crippen molar-refractivity contribution in [1.29, 1.82) is 0 Å². The summed E-state index contributed by atoms with van der Waals surface area (Å²) in [6.07, 6.45) is -0.242. The van der Waals surface area contributed by atoms with E-state index in [0.717, 1.165) is 11.1 Å². The van der Waals surface area contributed by atoms with Gasteiger partial charge in [-0.05, 0) is 29.7 Å². The van der Waals surface area contributed by atoms with Crippen LogP contribution in [0.25, 0.3) is 11.1 Å². The largest absolute Gasteiger partial charge is 0.481 e. The molecule has 0 aliphatic carbocycles. The van der Waals surface area contributed by atoms with E-state index in [0.29, 0.717) is 11.1 Å². The van der Waals surface area contributed by atoms with E-state index < -0.39 is 17.8 Å². The molecule has 0 bridgehead atoms. The van der Waals surface area contributed by atoms with Crippen molar-refractivity contribution in [2.75, 3.05) is 0 Å². The number of benzene rings is 2. The highest BCUT2D eigenvalue weighted by atomic mass is 16.4. The number of nitrogens with two attached hydrogens (primary N) is 1. The highest BCUT2D eigenvalue weighted by Crippen LogP contribution is 2.25. The molecule has 1 atom stereocenters. The molecule has 0 heterocycles. The zero-order valence-corrected chi connectivity index (χ0v) is 12.7. The van der Waals surface area contributed by atoms with Gasteiger partial charge in [0.05, 0.1) is 5.92 Å². The Morgan fingerprint density at radius 2 is 1.70 bits per heavy atom. The first-order valence-electron chi connectivity index (χ1n) is 7.11. The van der Waals surface area contributed by atoms with E-state index >= 15 is 0 Å².